The third-order valence-electron chi connectivity index (χ3n) is 3.67. The van der Waals surface area contributed by atoms with E-state index in [1.165, 1.54) is 18.9 Å². The van der Waals surface area contributed by atoms with Gasteiger partial charge in [-0.25, -0.2) is 4.98 Å². The number of nitrogens with one attached hydrogen (secondary N) is 1. The summed E-state index contributed by atoms with van der Waals surface area (Å²) < 4.78 is 37.3. The van der Waals surface area contributed by atoms with Gasteiger partial charge in [0.2, 0.25) is 0 Å². The third-order valence-corrected chi connectivity index (χ3v) is 3.67. The van der Waals surface area contributed by atoms with Crippen LogP contribution in [-0.2, 0) is 12.7 Å². The maximum Gasteiger partial charge on any atom is 0.435 e. The Morgan fingerprint density at radius 3 is 2.52 bits per heavy atom. The van der Waals surface area contributed by atoms with Crippen molar-refractivity contribution in [3.05, 3.63) is 41.7 Å². The van der Waals surface area contributed by atoms with Crippen LogP contribution in [0.15, 0.2) is 30.5 Å². The van der Waals surface area contributed by atoms with Gasteiger partial charge in [0.1, 0.15) is 11.6 Å². The summed E-state index contributed by atoms with van der Waals surface area (Å²) in [7, 11) is 0. The molecule has 5 nitrogen and oxygen atoms in total. The molecular weight excluding hydrogens is 307 g/mol. The molecule has 1 fully saturated rings. The third kappa shape index (κ3) is 3.88. The van der Waals surface area contributed by atoms with Crippen molar-refractivity contribution in [2.24, 2.45) is 0 Å². The highest BCUT2D eigenvalue weighted by molar-refractivity contribution is 5.43. The molecule has 3 heterocycles. The van der Waals surface area contributed by atoms with E-state index in [-0.39, 0.29) is 0 Å². The second-order valence-corrected chi connectivity index (χ2v) is 5.37. The van der Waals surface area contributed by atoms with Crippen LogP contribution in [0.25, 0.3) is 0 Å². The van der Waals surface area contributed by atoms with Crippen molar-refractivity contribution in [1.82, 2.24) is 15.2 Å². The highest BCUT2D eigenvalue weighted by Gasteiger charge is 2.32. The summed E-state index contributed by atoms with van der Waals surface area (Å²) in [6.07, 6.45) is -0.388. The first-order valence-corrected chi connectivity index (χ1v) is 7.37. The summed E-state index contributed by atoms with van der Waals surface area (Å²) in [6, 6.07) is 6.04. The van der Waals surface area contributed by atoms with Crippen LogP contribution in [0, 0.1) is 0 Å². The fourth-order valence-corrected chi connectivity index (χ4v) is 2.46. The van der Waals surface area contributed by atoms with E-state index in [2.05, 4.69) is 25.4 Å². The van der Waals surface area contributed by atoms with Gasteiger partial charge in [0, 0.05) is 25.8 Å². The highest BCUT2D eigenvalue weighted by atomic mass is 19.4. The Kier molecular flexibility index (Phi) is 4.31. The van der Waals surface area contributed by atoms with Gasteiger partial charge >= 0.3 is 6.18 Å². The largest absolute Gasteiger partial charge is 0.435 e. The molecule has 1 N–H and O–H groups in total. The molecule has 0 unspecified atom stereocenters. The SMILES string of the molecule is FC(F)(F)c1ccc(NCc2ccnc(N3CCCC3)c2)nn1. The Bertz CT molecular complexity index is 651. The molecule has 0 saturated carbocycles. The lowest BCUT2D eigenvalue weighted by Crippen LogP contribution is -2.19. The van der Waals surface area contributed by atoms with E-state index in [0.29, 0.717) is 12.4 Å². The van der Waals surface area contributed by atoms with Gasteiger partial charge in [-0.05, 0) is 42.7 Å². The Labute approximate surface area is 131 Å². The molecule has 2 aromatic rings. The molecule has 8 heteroatoms. The monoisotopic (exact) mass is 323 g/mol. The fraction of sp³-hybridized carbons (Fsp3) is 0.400. The number of hydrogen-bond donors (Lipinski definition) is 1. The number of pyridine rings is 1. The first-order valence-electron chi connectivity index (χ1n) is 7.37. The average molecular weight is 323 g/mol. The van der Waals surface area contributed by atoms with Gasteiger partial charge in [0.15, 0.2) is 5.69 Å². The Morgan fingerprint density at radius 1 is 1.09 bits per heavy atom. The van der Waals surface area contributed by atoms with E-state index >= 15 is 0 Å². The van der Waals surface area contributed by atoms with Crippen LogP contribution in [0.4, 0.5) is 24.8 Å². The van der Waals surface area contributed by atoms with Crippen LogP contribution in [-0.4, -0.2) is 28.3 Å². The normalized spacial score (nSPS) is 15.0. The number of rotatable bonds is 4. The molecule has 0 atom stereocenters. The number of alkyl halides is 3. The summed E-state index contributed by atoms with van der Waals surface area (Å²) in [5, 5.41) is 9.71. The van der Waals surface area contributed by atoms with Gasteiger partial charge in [-0.3, -0.25) is 0 Å². The molecule has 0 amide bonds. The molecule has 0 bridgehead atoms. The van der Waals surface area contributed by atoms with Crippen LogP contribution < -0.4 is 10.2 Å². The van der Waals surface area contributed by atoms with Gasteiger partial charge in [0.25, 0.3) is 0 Å². The molecule has 23 heavy (non-hydrogen) atoms. The average Bonchev–Trinajstić information content (AvgIpc) is 3.07. The molecular formula is C15H16F3N5. The second kappa shape index (κ2) is 6.39. The van der Waals surface area contributed by atoms with Crippen LogP contribution >= 0.6 is 0 Å². The standard InChI is InChI=1S/C15H16F3N5/c16-15(17,18)12-3-4-13(22-21-12)20-10-11-5-6-19-14(9-11)23-7-1-2-8-23/h3-6,9H,1-2,7-8,10H2,(H,20,22). The van der Waals surface area contributed by atoms with Crippen LogP contribution in [0.2, 0.25) is 0 Å². The first-order chi connectivity index (χ1) is 11.0. The van der Waals surface area contributed by atoms with E-state index in [1.54, 1.807) is 6.20 Å². The van der Waals surface area contributed by atoms with Gasteiger partial charge in [0.05, 0.1) is 0 Å². The Balaban J connectivity index is 1.63. The molecule has 0 spiro atoms. The predicted octanol–water partition coefficient (Wildman–Crippen LogP) is 3.10. The van der Waals surface area contributed by atoms with Crippen molar-refractivity contribution >= 4 is 11.6 Å². The Morgan fingerprint density at radius 2 is 1.87 bits per heavy atom. The first kappa shape index (κ1) is 15.5. The number of anilines is 2. The molecule has 1 aliphatic rings. The van der Waals surface area contributed by atoms with E-state index in [1.807, 2.05) is 12.1 Å². The summed E-state index contributed by atoms with van der Waals surface area (Å²) >= 11 is 0. The molecule has 3 rings (SSSR count). The predicted molar refractivity (Wildman–Crippen MR) is 80.0 cm³/mol. The minimum absolute atomic E-state index is 0.303. The van der Waals surface area contributed by atoms with Crippen molar-refractivity contribution in [3.8, 4) is 0 Å². The van der Waals surface area contributed by atoms with Crippen molar-refractivity contribution < 1.29 is 13.2 Å². The van der Waals surface area contributed by atoms with Crippen LogP contribution in [0.1, 0.15) is 24.1 Å². The minimum Gasteiger partial charge on any atom is -0.365 e. The number of halogens is 3. The second-order valence-electron chi connectivity index (χ2n) is 5.37. The van der Waals surface area contributed by atoms with E-state index < -0.39 is 11.9 Å². The van der Waals surface area contributed by atoms with E-state index in [0.717, 1.165) is 30.5 Å². The molecule has 0 radical (unpaired) electrons. The molecule has 1 aliphatic heterocycles. The van der Waals surface area contributed by atoms with Crippen molar-refractivity contribution in [1.29, 1.82) is 0 Å². The zero-order chi connectivity index (χ0) is 16.3. The molecule has 2 aromatic heterocycles. The minimum atomic E-state index is -4.47. The zero-order valence-electron chi connectivity index (χ0n) is 12.3. The lowest BCUT2D eigenvalue weighted by Gasteiger charge is -2.17. The molecule has 122 valence electrons. The quantitative estimate of drug-likeness (QED) is 0.937. The van der Waals surface area contributed by atoms with Gasteiger partial charge < -0.3 is 10.2 Å². The maximum atomic E-state index is 12.4. The van der Waals surface area contributed by atoms with Gasteiger partial charge in [-0.2, -0.15) is 13.2 Å². The molecule has 0 aromatic carbocycles. The van der Waals surface area contributed by atoms with Crippen LogP contribution in [0.5, 0.6) is 0 Å². The number of hydrogen-bond acceptors (Lipinski definition) is 5. The van der Waals surface area contributed by atoms with Crippen molar-refractivity contribution in [3.63, 3.8) is 0 Å². The van der Waals surface area contributed by atoms with E-state index in [4.69, 9.17) is 0 Å². The molecule has 0 aliphatic carbocycles. The number of nitrogens with zero attached hydrogens (tertiary/aromatic N) is 4. The lowest BCUT2D eigenvalue weighted by atomic mass is 10.2. The fourth-order valence-electron chi connectivity index (χ4n) is 2.46. The molecule has 1 saturated heterocycles. The summed E-state index contributed by atoms with van der Waals surface area (Å²) in [6.45, 7) is 2.46. The lowest BCUT2D eigenvalue weighted by molar-refractivity contribution is -0.141. The summed E-state index contributed by atoms with van der Waals surface area (Å²) in [5.41, 5.74) is -0.00752. The highest BCUT2D eigenvalue weighted by Crippen LogP contribution is 2.27. The number of aromatic nitrogens is 3. The van der Waals surface area contributed by atoms with Gasteiger partial charge in [-0.15, -0.1) is 10.2 Å². The summed E-state index contributed by atoms with van der Waals surface area (Å²) in [5.74, 6) is 1.23. The smallest absolute Gasteiger partial charge is 0.365 e. The maximum absolute atomic E-state index is 12.4. The zero-order valence-corrected chi connectivity index (χ0v) is 12.3. The van der Waals surface area contributed by atoms with Crippen LogP contribution in [0.3, 0.4) is 0 Å². The summed E-state index contributed by atoms with van der Waals surface area (Å²) in [4.78, 5) is 6.58. The Hall–Kier alpha value is -2.38. The van der Waals surface area contributed by atoms with Crippen molar-refractivity contribution in [2.45, 2.75) is 25.6 Å². The van der Waals surface area contributed by atoms with Crippen molar-refractivity contribution in [2.75, 3.05) is 23.3 Å². The topological polar surface area (TPSA) is 53.9 Å². The van der Waals surface area contributed by atoms with Gasteiger partial charge in [-0.1, -0.05) is 0 Å². The van der Waals surface area contributed by atoms with E-state index in [9.17, 15) is 13.2 Å².